The number of nitrogens with zero attached hydrogens (tertiary/aromatic N) is 2. The number of rotatable bonds is 5. The molecule has 0 bridgehead atoms. The molecule has 116 valence electrons. The zero-order chi connectivity index (χ0) is 16.1. The third-order valence-corrected chi connectivity index (χ3v) is 3.47. The van der Waals surface area contributed by atoms with Gasteiger partial charge in [-0.3, -0.25) is 4.79 Å². The van der Waals surface area contributed by atoms with Crippen LogP contribution in [0.15, 0.2) is 53.6 Å². The number of hydrogen-bond donors (Lipinski definition) is 2. The van der Waals surface area contributed by atoms with E-state index < -0.39 is 0 Å². The highest BCUT2D eigenvalue weighted by molar-refractivity contribution is 5.82. The van der Waals surface area contributed by atoms with Gasteiger partial charge in [-0.05, 0) is 24.6 Å². The van der Waals surface area contributed by atoms with Crippen molar-refractivity contribution >= 4 is 23.2 Å². The highest BCUT2D eigenvalue weighted by Crippen LogP contribution is 2.11. The monoisotopic (exact) mass is 306 g/mol. The number of amides is 1. The Kier molecular flexibility index (Phi) is 4.47. The first-order valence-electron chi connectivity index (χ1n) is 7.53. The van der Waals surface area contributed by atoms with Crippen molar-refractivity contribution in [2.24, 2.45) is 5.10 Å². The minimum Gasteiger partial charge on any atom is -0.342 e. The van der Waals surface area contributed by atoms with Crippen LogP contribution < -0.4 is 5.43 Å². The summed E-state index contributed by atoms with van der Waals surface area (Å²) in [5.74, 6) is 0.679. The molecule has 2 N–H and O–H groups in total. The van der Waals surface area contributed by atoms with E-state index in [1.807, 2.05) is 55.5 Å². The molecule has 0 unspecified atom stereocenters. The maximum Gasteiger partial charge on any atom is 0.240 e. The second-order valence-corrected chi connectivity index (χ2v) is 5.41. The number of aryl methyl sites for hydroxylation is 2. The molecule has 0 fully saturated rings. The summed E-state index contributed by atoms with van der Waals surface area (Å²) in [6.45, 7) is 2.02. The summed E-state index contributed by atoms with van der Waals surface area (Å²) < 4.78 is 0. The van der Waals surface area contributed by atoms with Gasteiger partial charge in [-0.2, -0.15) is 5.10 Å². The first-order chi connectivity index (χ1) is 11.2. The smallest absolute Gasteiger partial charge is 0.240 e. The first-order valence-corrected chi connectivity index (χ1v) is 7.53. The third-order valence-electron chi connectivity index (χ3n) is 3.47. The van der Waals surface area contributed by atoms with Crippen molar-refractivity contribution < 1.29 is 4.79 Å². The maximum atomic E-state index is 11.8. The Hall–Kier alpha value is -2.95. The van der Waals surface area contributed by atoms with Gasteiger partial charge >= 0.3 is 0 Å². The molecule has 0 aliphatic rings. The molecule has 1 amide bonds. The van der Waals surface area contributed by atoms with E-state index in [9.17, 15) is 4.79 Å². The minimum atomic E-state index is -0.130. The molecule has 1 aromatic heterocycles. The highest BCUT2D eigenvalue weighted by atomic mass is 16.2. The van der Waals surface area contributed by atoms with Crippen LogP contribution in [0, 0.1) is 6.92 Å². The molecule has 0 saturated carbocycles. The van der Waals surface area contributed by atoms with Gasteiger partial charge in [0.15, 0.2) is 0 Å². The van der Waals surface area contributed by atoms with Crippen molar-refractivity contribution in [2.75, 3.05) is 0 Å². The summed E-state index contributed by atoms with van der Waals surface area (Å²) in [7, 11) is 0. The standard InChI is InChI=1S/C18H18N4O/c1-13-5-4-6-14(11-13)12-19-22-18(23)10-9-17-20-15-7-2-3-8-16(15)21-17/h2-8,11-12H,9-10H2,1H3,(H,20,21)(H,22,23)/b19-12-. The molecule has 23 heavy (non-hydrogen) atoms. The fourth-order valence-electron chi connectivity index (χ4n) is 2.34. The van der Waals surface area contributed by atoms with Crippen LogP contribution in [0.25, 0.3) is 11.0 Å². The Morgan fingerprint density at radius 1 is 1.26 bits per heavy atom. The topological polar surface area (TPSA) is 70.1 Å². The number of para-hydroxylation sites is 2. The first kappa shape index (κ1) is 15.0. The summed E-state index contributed by atoms with van der Waals surface area (Å²) >= 11 is 0. The van der Waals surface area contributed by atoms with E-state index in [0.717, 1.165) is 28.0 Å². The number of H-pyrrole nitrogens is 1. The molecular formula is C18H18N4O. The average molecular weight is 306 g/mol. The Balaban J connectivity index is 1.51. The normalized spacial score (nSPS) is 11.2. The second-order valence-electron chi connectivity index (χ2n) is 5.41. The van der Waals surface area contributed by atoms with E-state index in [0.29, 0.717) is 12.8 Å². The van der Waals surface area contributed by atoms with Crippen LogP contribution in [0.3, 0.4) is 0 Å². The predicted molar refractivity (Wildman–Crippen MR) is 91.3 cm³/mol. The molecule has 5 nitrogen and oxygen atoms in total. The van der Waals surface area contributed by atoms with Crippen molar-refractivity contribution in [3.8, 4) is 0 Å². The number of aromatic nitrogens is 2. The van der Waals surface area contributed by atoms with Crippen LogP contribution in [0.1, 0.15) is 23.4 Å². The number of carbonyl (C=O) groups is 1. The number of imidazole rings is 1. The molecular weight excluding hydrogens is 288 g/mol. The largest absolute Gasteiger partial charge is 0.342 e. The maximum absolute atomic E-state index is 11.8. The lowest BCUT2D eigenvalue weighted by Gasteiger charge is -1.98. The Labute approximate surface area is 134 Å². The average Bonchev–Trinajstić information content (AvgIpc) is 2.96. The third kappa shape index (κ3) is 4.03. The summed E-state index contributed by atoms with van der Waals surface area (Å²) in [6.07, 6.45) is 2.54. The van der Waals surface area contributed by atoms with Gasteiger partial charge in [-0.15, -0.1) is 0 Å². The van der Waals surface area contributed by atoms with Crippen molar-refractivity contribution in [1.29, 1.82) is 0 Å². The number of nitrogens with one attached hydrogen (secondary N) is 2. The highest BCUT2D eigenvalue weighted by Gasteiger charge is 2.05. The zero-order valence-corrected chi connectivity index (χ0v) is 12.9. The number of carbonyl (C=O) groups excluding carboxylic acids is 1. The van der Waals surface area contributed by atoms with Crippen LogP contribution >= 0.6 is 0 Å². The number of aromatic amines is 1. The molecule has 0 aliphatic carbocycles. The Morgan fingerprint density at radius 2 is 2.13 bits per heavy atom. The molecule has 1 heterocycles. The van der Waals surface area contributed by atoms with E-state index in [-0.39, 0.29) is 5.91 Å². The lowest BCUT2D eigenvalue weighted by atomic mass is 10.2. The van der Waals surface area contributed by atoms with Gasteiger partial charge in [-0.25, -0.2) is 10.4 Å². The van der Waals surface area contributed by atoms with Crippen LogP contribution in [-0.2, 0) is 11.2 Å². The molecule has 3 aromatic rings. The van der Waals surface area contributed by atoms with Crippen molar-refractivity contribution in [1.82, 2.24) is 15.4 Å². The van der Waals surface area contributed by atoms with E-state index in [1.54, 1.807) is 6.21 Å². The second kappa shape index (κ2) is 6.87. The molecule has 0 spiro atoms. The number of hydrazone groups is 1. The number of benzene rings is 2. The van der Waals surface area contributed by atoms with E-state index in [2.05, 4.69) is 20.5 Å². The van der Waals surface area contributed by atoms with Crippen molar-refractivity contribution in [3.05, 3.63) is 65.5 Å². The quantitative estimate of drug-likeness (QED) is 0.562. The van der Waals surface area contributed by atoms with Gasteiger partial charge in [0, 0.05) is 12.8 Å². The van der Waals surface area contributed by atoms with Gasteiger partial charge in [0.25, 0.3) is 0 Å². The van der Waals surface area contributed by atoms with E-state index in [1.165, 1.54) is 0 Å². The fraction of sp³-hybridized carbons (Fsp3) is 0.167. The van der Waals surface area contributed by atoms with Crippen molar-refractivity contribution in [3.63, 3.8) is 0 Å². The predicted octanol–water partition coefficient (Wildman–Crippen LogP) is 2.95. The zero-order valence-electron chi connectivity index (χ0n) is 12.9. The lowest BCUT2D eigenvalue weighted by molar-refractivity contribution is -0.121. The van der Waals surface area contributed by atoms with Gasteiger partial charge < -0.3 is 4.98 Å². The van der Waals surface area contributed by atoms with E-state index in [4.69, 9.17) is 0 Å². The number of hydrogen-bond acceptors (Lipinski definition) is 3. The molecule has 0 saturated heterocycles. The number of fused-ring (bicyclic) bond motifs is 1. The molecule has 0 radical (unpaired) electrons. The SMILES string of the molecule is Cc1cccc(/C=N\NC(=O)CCc2nc3ccccc3[nH]2)c1. The van der Waals surface area contributed by atoms with Crippen molar-refractivity contribution in [2.45, 2.75) is 19.8 Å². The van der Waals surface area contributed by atoms with Crippen LogP contribution in [0.4, 0.5) is 0 Å². The summed E-state index contributed by atoms with van der Waals surface area (Å²) in [5.41, 5.74) is 6.57. The van der Waals surface area contributed by atoms with Gasteiger partial charge in [0.1, 0.15) is 5.82 Å². The lowest BCUT2D eigenvalue weighted by Crippen LogP contribution is -2.18. The van der Waals surface area contributed by atoms with Gasteiger partial charge in [-0.1, -0.05) is 42.0 Å². The molecule has 5 heteroatoms. The van der Waals surface area contributed by atoms with Crippen LogP contribution in [0.5, 0.6) is 0 Å². The minimum absolute atomic E-state index is 0.130. The van der Waals surface area contributed by atoms with Crippen LogP contribution in [0.2, 0.25) is 0 Å². The van der Waals surface area contributed by atoms with Gasteiger partial charge in [0.2, 0.25) is 5.91 Å². The molecule has 3 rings (SSSR count). The molecule has 0 atom stereocenters. The molecule has 0 aliphatic heterocycles. The fourth-order valence-corrected chi connectivity index (χ4v) is 2.34. The summed E-state index contributed by atoms with van der Waals surface area (Å²) in [6, 6.07) is 15.7. The Bertz CT molecular complexity index is 818. The van der Waals surface area contributed by atoms with E-state index >= 15 is 0 Å². The Morgan fingerprint density at radius 3 is 2.96 bits per heavy atom. The van der Waals surface area contributed by atoms with Crippen LogP contribution in [-0.4, -0.2) is 22.1 Å². The molecule has 2 aromatic carbocycles. The van der Waals surface area contributed by atoms with Gasteiger partial charge in [0.05, 0.1) is 17.2 Å². The summed E-state index contributed by atoms with van der Waals surface area (Å²) in [5, 5.41) is 3.98. The summed E-state index contributed by atoms with van der Waals surface area (Å²) in [4.78, 5) is 19.5.